The second kappa shape index (κ2) is 6.98. The zero-order chi connectivity index (χ0) is 17.2. The highest BCUT2D eigenvalue weighted by molar-refractivity contribution is 7.09. The fraction of sp³-hybridized carbons (Fsp3) is 0.278. The van der Waals surface area contributed by atoms with Gasteiger partial charge in [0.05, 0.1) is 6.42 Å². The van der Waals surface area contributed by atoms with Gasteiger partial charge in [0.15, 0.2) is 5.82 Å². The molecule has 5 nitrogen and oxygen atoms in total. The van der Waals surface area contributed by atoms with Crippen LogP contribution in [0.2, 0.25) is 5.02 Å². The number of carbonyl (C=O) groups excluding carboxylic acids is 1. The van der Waals surface area contributed by atoms with Gasteiger partial charge in [-0.05, 0) is 29.1 Å². The Kier molecular flexibility index (Phi) is 4.55. The standard InChI is InChI=1S/C18H16ClN3O2S/c19-14-5-3-12(4-6-14)10-22-11-13(8-17(22)23)18-20-16(24-21-18)9-15-2-1-7-25-15/h1-7,13H,8-11H2. The van der Waals surface area contributed by atoms with Crippen LogP contribution in [0.3, 0.4) is 0 Å². The first-order valence-electron chi connectivity index (χ1n) is 8.04. The highest BCUT2D eigenvalue weighted by Gasteiger charge is 2.33. The fourth-order valence-corrected chi connectivity index (χ4v) is 3.80. The number of benzene rings is 1. The van der Waals surface area contributed by atoms with Crippen LogP contribution < -0.4 is 0 Å². The third-order valence-electron chi connectivity index (χ3n) is 4.26. The number of amides is 1. The van der Waals surface area contributed by atoms with Crippen LogP contribution >= 0.6 is 22.9 Å². The van der Waals surface area contributed by atoms with Crippen LogP contribution in [0.1, 0.15) is 34.5 Å². The molecule has 3 aromatic rings. The first-order valence-corrected chi connectivity index (χ1v) is 9.30. The molecular weight excluding hydrogens is 358 g/mol. The van der Waals surface area contributed by atoms with Crippen LogP contribution in [0, 0.1) is 0 Å². The van der Waals surface area contributed by atoms with E-state index in [4.69, 9.17) is 16.1 Å². The van der Waals surface area contributed by atoms with Gasteiger partial charge in [-0.3, -0.25) is 4.79 Å². The van der Waals surface area contributed by atoms with E-state index in [-0.39, 0.29) is 11.8 Å². The van der Waals surface area contributed by atoms with Gasteiger partial charge in [0.25, 0.3) is 0 Å². The van der Waals surface area contributed by atoms with Crippen molar-refractivity contribution in [2.45, 2.75) is 25.3 Å². The number of nitrogens with zero attached hydrogens (tertiary/aromatic N) is 3. The van der Waals surface area contributed by atoms with Crippen molar-refractivity contribution < 1.29 is 9.32 Å². The number of carbonyl (C=O) groups is 1. The minimum Gasteiger partial charge on any atom is -0.339 e. The molecule has 1 aliphatic rings. The zero-order valence-corrected chi connectivity index (χ0v) is 15.0. The number of hydrogen-bond acceptors (Lipinski definition) is 5. The minimum absolute atomic E-state index is 0.0133. The van der Waals surface area contributed by atoms with Gasteiger partial charge in [0, 0.05) is 35.3 Å². The SMILES string of the molecule is O=C1CC(c2noc(Cc3cccs3)n2)CN1Cc1ccc(Cl)cc1. The fourth-order valence-electron chi connectivity index (χ4n) is 2.98. The molecule has 2 aromatic heterocycles. The lowest BCUT2D eigenvalue weighted by Gasteiger charge is -2.16. The first-order chi connectivity index (χ1) is 12.2. The van der Waals surface area contributed by atoms with Gasteiger partial charge in [-0.25, -0.2) is 0 Å². The van der Waals surface area contributed by atoms with Gasteiger partial charge in [0.2, 0.25) is 11.8 Å². The van der Waals surface area contributed by atoms with Crippen molar-refractivity contribution >= 4 is 28.8 Å². The summed E-state index contributed by atoms with van der Waals surface area (Å²) in [7, 11) is 0. The number of rotatable bonds is 5. The Balaban J connectivity index is 1.41. The smallest absolute Gasteiger partial charge is 0.231 e. The van der Waals surface area contributed by atoms with Crippen LogP contribution in [-0.2, 0) is 17.8 Å². The van der Waals surface area contributed by atoms with Crippen LogP contribution in [0.4, 0.5) is 0 Å². The lowest BCUT2D eigenvalue weighted by Crippen LogP contribution is -2.24. The Morgan fingerprint density at radius 3 is 2.88 bits per heavy atom. The Labute approximate surface area is 154 Å². The number of halogens is 1. The molecule has 7 heteroatoms. The average Bonchev–Trinajstić information content (AvgIpc) is 3.33. The van der Waals surface area contributed by atoms with Gasteiger partial charge in [-0.2, -0.15) is 4.98 Å². The van der Waals surface area contributed by atoms with E-state index in [1.54, 1.807) is 11.3 Å². The first kappa shape index (κ1) is 16.3. The topological polar surface area (TPSA) is 59.2 Å². The number of likely N-dealkylation sites (tertiary alicyclic amines) is 1. The maximum atomic E-state index is 12.3. The molecule has 0 radical (unpaired) electrons. The molecule has 4 rings (SSSR count). The Morgan fingerprint density at radius 2 is 2.12 bits per heavy atom. The largest absolute Gasteiger partial charge is 0.339 e. The second-order valence-electron chi connectivity index (χ2n) is 6.10. The molecule has 0 N–H and O–H groups in total. The van der Waals surface area contributed by atoms with E-state index in [1.807, 2.05) is 46.7 Å². The molecule has 0 saturated carbocycles. The van der Waals surface area contributed by atoms with Gasteiger partial charge in [0.1, 0.15) is 0 Å². The summed E-state index contributed by atoms with van der Waals surface area (Å²) in [4.78, 5) is 19.8. The molecule has 0 spiro atoms. The molecule has 1 atom stereocenters. The van der Waals surface area contributed by atoms with Crippen molar-refractivity contribution in [3.8, 4) is 0 Å². The van der Waals surface area contributed by atoms with E-state index in [2.05, 4.69) is 10.1 Å². The van der Waals surface area contributed by atoms with Crippen molar-refractivity contribution in [3.05, 3.63) is 69.0 Å². The number of thiophene rings is 1. The van der Waals surface area contributed by atoms with Crippen LogP contribution in [0.15, 0.2) is 46.3 Å². The van der Waals surface area contributed by atoms with Gasteiger partial charge in [-0.1, -0.05) is 35.0 Å². The molecule has 128 valence electrons. The normalized spacial score (nSPS) is 17.4. The quantitative estimate of drug-likeness (QED) is 0.680. The Morgan fingerprint density at radius 1 is 1.28 bits per heavy atom. The zero-order valence-electron chi connectivity index (χ0n) is 13.4. The van der Waals surface area contributed by atoms with E-state index >= 15 is 0 Å². The van der Waals surface area contributed by atoms with Crippen molar-refractivity contribution in [3.63, 3.8) is 0 Å². The molecule has 1 aliphatic heterocycles. The summed E-state index contributed by atoms with van der Waals surface area (Å²) in [6, 6.07) is 11.6. The van der Waals surface area contributed by atoms with E-state index in [0.29, 0.717) is 42.7 Å². The monoisotopic (exact) mass is 373 g/mol. The molecular formula is C18H16ClN3O2S. The summed E-state index contributed by atoms with van der Waals surface area (Å²) in [5.74, 6) is 1.32. The molecule has 3 heterocycles. The second-order valence-corrected chi connectivity index (χ2v) is 7.57. The lowest BCUT2D eigenvalue weighted by atomic mass is 10.1. The third-order valence-corrected chi connectivity index (χ3v) is 5.38. The molecule has 25 heavy (non-hydrogen) atoms. The summed E-state index contributed by atoms with van der Waals surface area (Å²) < 4.78 is 5.35. The molecule has 1 amide bonds. The molecule has 1 saturated heterocycles. The van der Waals surface area contributed by atoms with E-state index < -0.39 is 0 Å². The average molecular weight is 374 g/mol. The lowest BCUT2D eigenvalue weighted by molar-refractivity contribution is -0.128. The van der Waals surface area contributed by atoms with Crippen molar-refractivity contribution in [1.29, 1.82) is 0 Å². The predicted molar refractivity (Wildman–Crippen MR) is 95.7 cm³/mol. The van der Waals surface area contributed by atoms with Crippen LogP contribution in [0.25, 0.3) is 0 Å². The molecule has 0 aliphatic carbocycles. The Bertz CT molecular complexity index is 861. The maximum Gasteiger partial charge on any atom is 0.231 e. The van der Waals surface area contributed by atoms with Gasteiger partial charge < -0.3 is 9.42 Å². The Hall–Kier alpha value is -2.18. The number of hydrogen-bond donors (Lipinski definition) is 0. The van der Waals surface area contributed by atoms with Crippen LogP contribution in [-0.4, -0.2) is 27.5 Å². The van der Waals surface area contributed by atoms with Gasteiger partial charge >= 0.3 is 0 Å². The number of aromatic nitrogens is 2. The summed E-state index contributed by atoms with van der Waals surface area (Å²) in [6.07, 6.45) is 1.06. The van der Waals surface area contributed by atoms with Crippen molar-refractivity contribution in [2.24, 2.45) is 0 Å². The highest BCUT2D eigenvalue weighted by atomic mass is 35.5. The van der Waals surface area contributed by atoms with Crippen LogP contribution in [0.5, 0.6) is 0 Å². The molecule has 1 unspecified atom stereocenters. The summed E-state index contributed by atoms with van der Waals surface area (Å²) in [6.45, 7) is 1.19. The van der Waals surface area contributed by atoms with Gasteiger partial charge in [-0.15, -0.1) is 11.3 Å². The van der Waals surface area contributed by atoms with Crippen molar-refractivity contribution in [1.82, 2.24) is 15.0 Å². The summed E-state index contributed by atoms with van der Waals surface area (Å²) in [5, 5.41) is 6.81. The molecule has 1 fully saturated rings. The van der Waals surface area contributed by atoms with E-state index in [0.717, 1.165) is 5.56 Å². The van der Waals surface area contributed by atoms with E-state index in [1.165, 1.54) is 4.88 Å². The molecule has 1 aromatic carbocycles. The third kappa shape index (κ3) is 3.75. The molecule has 0 bridgehead atoms. The maximum absolute atomic E-state index is 12.3. The summed E-state index contributed by atoms with van der Waals surface area (Å²) in [5.41, 5.74) is 1.06. The van der Waals surface area contributed by atoms with E-state index in [9.17, 15) is 4.79 Å². The summed E-state index contributed by atoms with van der Waals surface area (Å²) >= 11 is 7.57. The minimum atomic E-state index is -0.0133. The predicted octanol–water partition coefficient (Wildman–Crippen LogP) is 3.89. The van der Waals surface area contributed by atoms with Crippen molar-refractivity contribution in [2.75, 3.05) is 6.54 Å². The highest BCUT2D eigenvalue weighted by Crippen LogP contribution is 2.28.